The van der Waals surface area contributed by atoms with E-state index in [0.29, 0.717) is 13.1 Å². The molecule has 0 spiro atoms. The summed E-state index contributed by atoms with van der Waals surface area (Å²) in [5.41, 5.74) is 5.45. The van der Waals surface area contributed by atoms with Crippen LogP contribution in [0.3, 0.4) is 0 Å². The van der Waals surface area contributed by atoms with E-state index in [1.54, 1.807) is 0 Å². The van der Waals surface area contributed by atoms with Gasteiger partial charge in [-0.3, -0.25) is 9.69 Å². The Kier molecular flexibility index (Phi) is 3.71. The van der Waals surface area contributed by atoms with Crippen LogP contribution < -0.4 is 5.73 Å². The number of carbonyl (C=O) groups is 1. The van der Waals surface area contributed by atoms with E-state index in [0.717, 1.165) is 19.5 Å². The Labute approximate surface area is 120 Å². The van der Waals surface area contributed by atoms with Crippen molar-refractivity contribution in [2.24, 2.45) is 22.2 Å². The van der Waals surface area contributed by atoms with Crippen LogP contribution in [-0.4, -0.2) is 58.5 Å². The van der Waals surface area contributed by atoms with Crippen molar-refractivity contribution in [1.29, 1.82) is 0 Å². The number of amides is 1. The minimum Gasteiger partial charge on any atom is -0.409 e. The van der Waals surface area contributed by atoms with E-state index in [1.165, 1.54) is 0 Å². The lowest BCUT2D eigenvalue weighted by Crippen LogP contribution is -2.60. The highest BCUT2D eigenvalue weighted by Gasteiger charge is 2.52. The molecule has 0 aromatic rings. The van der Waals surface area contributed by atoms with Crippen molar-refractivity contribution in [3.63, 3.8) is 0 Å². The molecule has 0 radical (unpaired) electrons. The SMILES string of the molecule is CC1(C)CC1C(=O)N1CCN(C(C)(C)C(N)=NO)CC1. The molecule has 0 bridgehead atoms. The molecule has 1 heterocycles. The summed E-state index contributed by atoms with van der Waals surface area (Å²) < 4.78 is 0. The molecule has 6 nitrogen and oxygen atoms in total. The highest BCUT2D eigenvalue weighted by molar-refractivity contribution is 5.88. The number of oxime groups is 1. The maximum atomic E-state index is 12.3. The van der Waals surface area contributed by atoms with Gasteiger partial charge in [0.1, 0.15) is 0 Å². The zero-order valence-corrected chi connectivity index (χ0v) is 12.9. The number of nitrogens with two attached hydrogens (primary N) is 1. The van der Waals surface area contributed by atoms with Gasteiger partial charge in [-0.05, 0) is 25.7 Å². The van der Waals surface area contributed by atoms with Crippen molar-refractivity contribution in [1.82, 2.24) is 9.80 Å². The van der Waals surface area contributed by atoms with E-state index in [1.807, 2.05) is 18.7 Å². The van der Waals surface area contributed by atoms with E-state index in [2.05, 4.69) is 23.9 Å². The monoisotopic (exact) mass is 282 g/mol. The molecule has 1 saturated heterocycles. The third-order valence-electron chi connectivity index (χ3n) is 4.93. The summed E-state index contributed by atoms with van der Waals surface area (Å²) in [7, 11) is 0. The number of amidine groups is 1. The molecule has 1 aliphatic carbocycles. The van der Waals surface area contributed by atoms with Crippen molar-refractivity contribution in [3.05, 3.63) is 0 Å². The average molecular weight is 282 g/mol. The number of rotatable bonds is 3. The van der Waals surface area contributed by atoms with Crippen LogP contribution in [0.2, 0.25) is 0 Å². The normalized spacial score (nSPS) is 27.5. The smallest absolute Gasteiger partial charge is 0.226 e. The summed E-state index contributed by atoms with van der Waals surface area (Å²) in [4.78, 5) is 16.5. The summed E-state index contributed by atoms with van der Waals surface area (Å²) in [6, 6.07) is 0. The fraction of sp³-hybridized carbons (Fsp3) is 0.857. The number of nitrogens with zero attached hydrogens (tertiary/aromatic N) is 3. The topological polar surface area (TPSA) is 82.2 Å². The van der Waals surface area contributed by atoms with Crippen molar-refractivity contribution < 1.29 is 10.0 Å². The molecule has 20 heavy (non-hydrogen) atoms. The number of piperazine rings is 1. The predicted molar refractivity (Wildman–Crippen MR) is 77.5 cm³/mol. The molecule has 3 N–H and O–H groups in total. The van der Waals surface area contributed by atoms with Gasteiger partial charge in [-0.1, -0.05) is 19.0 Å². The first-order valence-corrected chi connectivity index (χ1v) is 7.22. The van der Waals surface area contributed by atoms with Crippen LogP contribution in [0.5, 0.6) is 0 Å². The largest absolute Gasteiger partial charge is 0.409 e. The summed E-state index contributed by atoms with van der Waals surface area (Å²) in [6.07, 6.45) is 1.00. The van der Waals surface area contributed by atoms with Crippen LogP contribution in [0.25, 0.3) is 0 Å². The minimum absolute atomic E-state index is 0.182. The van der Waals surface area contributed by atoms with Gasteiger partial charge in [0.2, 0.25) is 5.91 Å². The maximum Gasteiger partial charge on any atom is 0.226 e. The highest BCUT2D eigenvalue weighted by Crippen LogP contribution is 2.52. The number of hydrogen-bond acceptors (Lipinski definition) is 4. The van der Waals surface area contributed by atoms with Gasteiger partial charge in [0.15, 0.2) is 5.84 Å². The molecular weight excluding hydrogens is 256 g/mol. The number of carbonyl (C=O) groups excluding carboxylic acids is 1. The van der Waals surface area contributed by atoms with Crippen LogP contribution in [-0.2, 0) is 4.79 Å². The Balaban J connectivity index is 1.91. The minimum atomic E-state index is -0.483. The molecule has 2 aliphatic rings. The second-order valence-corrected chi connectivity index (χ2v) is 7.10. The van der Waals surface area contributed by atoms with E-state index in [4.69, 9.17) is 10.9 Å². The zero-order valence-electron chi connectivity index (χ0n) is 12.9. The van der Waals surface area contributed by atoms with E-state index in [9.17, 15) is 4.79 Å². The van der Waals surface area contributed by atoms with Gasteiger partial charge >= 0.3 is 0 Å². The Hall–Kier alpha value is -1.30. The molecule has 1 atom stereocenters. The molecule has 2 fully saturated rings. The first kappa shape index (κ1) is 15.1. The molecular formula is C14H26N4O2. The van der Waals surface area contributed by atoms with Gasteiger partial charge in [-0.25, -0.2) is 0 Å². The average Bonchev–Trinajstić information content (AvgIpc) is 3.06. The molecule has 6 heteroatoms. The van der Waals surface area contributed by atoms with Crippen LogP contribution in [0.15, 0.2) is 5.16 Å². The maximum absolute atomic E-state index is 12.3. The van der Waals surface area contributed by atoms with E-state index in [-0.39, 0.29) is 23.1 Å². The predicted octanol–water partition coefficient (Wildman–Crippen LogP) is 0.702. The van der Waals surface area contributed by atoms with E-state index >= 15 is 0 Å². The van der Waals surface area contributed by atoms with Crippen LogP contribution in [0.1, 0.15) is 34.1 Å². The molecule has 2 rings (SSSR count). The first-order chi connectivity index (χ1) is 9.20. The molecule has 114 valence electrons. The van der Waals surface area contributed by atoms with Gasteiger partial charge in [0.25, 0.3) is 0 Å². The van der Waals surface area contributed by atoms with Crippen molar-refractivity contribution in [3.8, 4) is 0 Å². The summed E-state index contributed by atoms with van der Waals surface area (Å²) >= 11 is 0. The van der Waals surface area contributed by atoms with Crippen LogP contribution in [0, 0.1) is 11.3 Å². The van der Waals surface area contributed by atoms with Gasteiger partial charge in [0, 0.05) is 32.1 Å². The molecule has 0 aromatic carbocycles. The lowest BCUT2D eigenvalue weighted by Gasteiger charge is -2.43. The Morgan fingerprint density at radius 1 is 1.30 bits per heavy atom. The zero-order chi connectivity index (χ0) is 15.1. The third kappa shape index (κ3) is 2.61. The molecule has 1 unspecified atom stereocenters. The van der Waals surface area contributed by atoms with Gasteiger partial charge in [-0.2, -0.15) is 0 Å². The fourth-order valence-electron chi connectivity index (χ4n) is 2.88. The third-order valence-corrected chi connectivity index (χ3v) is 4.93. The summed E-state index contributed by atoms with van der Waals surface area (Å²) in [5, 5.41) is 12.0. The van der Waals surface area contributed by atoms with Gasteiger partial charge in [-0.15, -0.1) is 0 Å². The lowest BCUT2D eigenvalue weighted by atomic mass is 10.00. The van der Waals surface area contributed by atoms with Crippen LogP contribution in [0.4, 0.5) is 0 Å². The van der Waals surface area contributed by atoms with Crippen molar-refractivity contribution in [2.45, 2.75) is 39.7 Å². The Bertz CT molecular complexity index is 423. The lowest BCUT2D eigenvalue weighted by molar-refractivity contribution is -0.135. The molecule has 0 aromatic heterocycles. The van der Waals surface area contributed by atoms with Gasteiger partial charge in [0.05, 0.1) is 5.54 Å². The van der Waals surface area contributed by atoms with Crippen LogP contribution >= 0.6 is 0 Å². The van der Waals surface area contributed by atoms with Crippen molar-refractivity contribution >= 4 is 11.7 Å². The highest BCUT2D eigenvalue weighted by atomic mass is 16.4. The quantitative estimate of drug-likeness (QED) is 0.345. The second kappa shape index (κ2) is 4.91. The molecule has 1 amide bonds. The van der Waals surface area contributed by atoms with Gasteiger partial charge < -0.3 is 15.8 Å². The second-order valence-electron chi connectivity index (χ2n) is 7.10. The Morgan fingerprint density at radius 2 is 1.80 bits per heavy atom. The first-order valence-electron chi connectivity index (χ1n) is 7.22. The Morgan fingerprint density at radius 3 is 2.20 bits per heavy atom. The fourth-order valence-corrected chi connectivity index (χ4v) is 2.88. The summed E-state index contributed by atoms with van der Waals surface area (Å²) in [6.45, 7) is 11.1. The van der Waals surface area contributed by atoms with E-state index < -0.39 is 5.54 Å². The molecule has 1 aliphatic heterocycles. The van der Waals surface area contributed by atoms with Crippen molar-refractivity contribution in [2.75, 3.05) is 26.2 Å². The summed E-state index contributed by atoms with van der Waals surface area (Å²) in [5.74, 6) is 0.697. The standard InChI is InChI=1S/C14H26N4O2/c1-13(2)9-10(13)11(19)17-5-7-18(8-6-17)14(3,4)12(15)16-20/h10,20H,5-9H2,1-4H3,(H2,15,16). The molecule has 1 saturated carbocycles. The number of hydrogen-bond donors (Lipinski definition) is 2.